The molecule has 2 N–H and O–H groups in total. The van der Waals surface area contributed by atoms with E-state index in [1.54, 1.807) is 4.90 Å². The Morgan fingerprint density at radius 3 is 2.77 bits per heavy atom. The Hall–Kier alpha value is -0.810. The van der Waals surface area contributed by atoms with Crippen molar-refractivity contribution in [2.75, 3.05) is 20.2 Å². The summed E-state index contributed by atoms with van der Waals surface area (Å²) >= 11 is 0. The summed E-state index contributed by atoms with van der Waals surface area (Å²) in [6, 6.07) is 0.187. The van der Waals surface area contributed by atoms with E-state index >= 15 is 0 Å². The largest absolute Gasteiger partial charge is 0.393 e. The summed E-state index contributed by atoms with van der Waals surface area (Å²) in [6.45, 7) is 5.81. The van der Waals surface area contributed by atoms with Crippen LogP contribution >= 0.6 is 0 Å². The first-order valence-electron chi connectivity index (χ1n) is 8.72. The van der Waals surface area contributed by atoms with Crippen LogP contribution in [0, 0.1) is 17.3 Å². The third-order valence-electron chi connectivity index (χ3n) is 6.10. The summed E-state index contributed by atoms with van der Waals surface area (Å²) in [5, 5.41) is 13.3. The summed E-state index contributed by atoms with van der Waals surface area (Å²) in [5.41, 5.74) is 0.0159. The fourth-order valence-corrected chi connectivity index (χ4v) is 4.70. The second-order valence-corrected chi connectivity index (χ2v) is 7.98. The Bertz CT molecular complexity index is 426. The number of carbonyl (C=O) groups is 1. The maximum atomic E-state index is 12.5. The Morgan fingerprint density at radius 2 is 2.05 bits per heavy atom. The van der Waals surface area contributed by atoms with Crippen molar-refractivity contribution in [3.8, 4) is 0 Å². The van der Waals surface area contributed by atoms with E-state index in [0.29, 0.717) is 18.6 Å². The summed E-state index contributed by atoms with van der Waals surface area (Å²) < 4.78 is 5.78. The number of rotatable bonds is 3. The van der Waals surface area contributed by atoms with Gasteiger partial charge in [-0.1, -0.05) is 26.7 Å². The van der Waals surface area contributed by atoms with Gasteiger partial charge in [-0.05, 0) is 19.3 Å². The number of ether oxygens (including phenoxy) is 1. The fraction of sp³-hybridized carbons (Fsp3) is 0.941. The molecule has 2 amide bonds. The normalized spacial score (nSPS) is 39.7. The molecule has 22 heavy (non-hydrogen) atoms. The highest BCUT2D eigenvalue weighted by atomic mass is 16.5. The van der Waals surface area contributed by atoms with E-state index in [0.717, 1.165) is 38.7 Å². The minimum atomic E-state index is -0.253. The van der Waals surface area contributed by atoms with Crippen molar-refractivity contribution in [1.29, 1.82) is 0 Å². The molecule has 0 aromatic rings. The SMILES string of the molecule is CN(CC1CCCCC1O)C(=O)NC1C2CCOC2C1(C)C. The van der Waals surface area contributed by atoms with E-state index in [1.807, 2.05) is 7.05 Å². The highest BCUT2D eigenvalue weighted by Crippen LogP contribution is 2.52. The van der Waals surface area contributed by atoms with Crippen LogP contribution < -0.4 is 5.32 Å². The number of carbonyl (C=O) groups excluding carboxylic acids is 1. The zero-order valence-electron chi connectivity index (χ0n) is 14.0. The van der Waals surface area contributed by atoms with Crippen LogP contribution in [0.2, 0.25) is 0 Å². The number of amides is 2. The van der Waals surface area contributed by atoms with Gasteiger partial charge in [-0.3, -0.25) is 0 Å². The summed E-state index contributed by atoms with van der Waals surface area (Å²) in [5.74, 6) is 0.689. The third kappa shape index (κ3) is 2.73. The lowest BCUT2D eigenvalue weighted by atomic mass is 9.57. The van der Waals surface area contributed by atoms with Crippen molar-refractivity contribution in [3.63, 3.8) is 0 Å². The summed E-state index contributed by atoms with van der Waals surface area (Å²) in [7, 11) is 1.84. The molecule has 1 saturated heterocycles. The van der Waals surface area contributed by atoms with Crippen molar-refractivity contribution in [2.45, 2.75) is 64.2 Å². The molecule has 1 aliphatic heterocycles. The van der Waals surface area contributed by atoms with E-state index in [9.17, 15) is 9.90 Å². The van der Waals surface area contributed by atoms with Crippen molar-refractivity contribution in [1.82, 2.24) is 10.2 Å². The van der Waals surface area contributed by atoms with Gasteiger partial charge < -0.3 is 20.1 Å². The molecule has 1 heterocycles. The molecule has 126 valence electrons. The molecule has 5 nitrogen and oxygen atoms in total. The molecule has 5 heteroatoms. The lowest BCUT2D eigenvalue weighted by Gasteiger charge is -2.54. The van der Waals surface area contributed by atoms with Gasteiger partial charge in [-0.15, -0.1) is 0 Å². The Balaban J connectivity index is 1.53. The summed E-state index contributed by atoms with van der Waals surface area (Å²) in [6.07, 6.45) is 5.24. The predicted molar refractivity (Wildman–Crippen MR) is 84.5 cm³/mol. The quantitative estimate of drug-likeness (QED) is 0.838. The number of nitrogens with zero attached hydrogens (tertiary/aromatic N) is 1. The predicted octanol–water partition coefficient (Wildman–Crippen LogP) is 1.99. The number of urea groups is 1. The fourth-order valence-electron chi connectivity index (χ4n) is 4.70. The second kappa shape index (κ2) is 6.00. The van der Waals surface area contributed by atoms with Gasteiger partial charge in [0.1, 0.15) is 0 Å². The van der Waals surface area contributed by atoms with Gasteiger partial charge in [0.05, 0.1) is 12.2 Å². The molecule has 0 radical (unpaired) electrons. The zero-order valence-corrected chi connectivity index (χ0v) is 14.0. The van der Waals surface area contributed by atoms with Crippen LogP contribution in [-0.2, 0) is 4.74 Å². The van der Waals surface area contributed by atoms with E-state index < -0.39 is 0 Å². The summed E-state index contributed by atoms with van der Waals surface area (Å²) in [4.78, 5) is 14.2. The Kier molecular flexibility index (Phi) is 4.38. The van der Waals surface area contributed by atoms with Gasteiger partial charge in [-0.2, -0.15) is 0 Å². The van der Waals surface area contributed by atoms with Crippen molar-refractivity contribution in [3.05, 3.63) is 0 Å². The first kappa shape index (κ1) is 16.1. The van der Waals surface area contributed by atoms with Crippen LogP contribution in [-0.4, -0.2) is 54.5 Å². The maximum Gasteiger partial charge on any atom is 0.317 e. The number of hydrogen-bond acceptors (Lipinski definition) is 3. The monoisotopic (exact) mass is 310 g/mol. The Morgan fingerprint density at radius 1 is 1.32 bits per heavy atom. The molecule has 0 aromatic heterocycles. The molecule has 0 aromatic carbocycles. The van der Waals surface area contributed by atoms with Crippen LogP contribution in [0.3, 0.4) is 0 Å². The van der Waals surface area contributed by atoms with Gasteiger partial charge in [0.25, 0.3) is 0 Å². The highest BCUT2D eigenvalue weighted by Gasteiger charge is 2.59. The molecule has 0 spiro atoms. The third-order valence-corrected chi connectivity index (χ3v) is 6.10. The number of hydrogen-bond donors (Lipinski definition) is 2. The van der Waals surface area contributed by atoms with Gasteiger partial charge in [0.15, 0.2) is 0 Å². The number of aliphatic hydroxyl groups excluding tert-OH is 1. The average molecular weight is 310 g/mol. The minimum absolute atomic E-state index is 0.0128. The van der Waals surface area contributed by atoms with Gasteiger partial charge in [0, 0.05) is 43.5 Å². The lowest BCUT2D eigenvalue weighted by molar-refractivity contribution is -0.109. The average Bonchev–Trinajstić information content (AvgIpc) is 2.93. The van der Waals surface area contributed by atoms with Crippen LogP contribution in [0.4, 0.5) is 4.79 Å². The molecule has 3 rings (SSSR count). The van der Waals surface area contributed by atoms with E-state index in [-0.39, 0.29) is 29.5 Å². The molecule has 3 fully saturated rings. The molecule has 5 unspecified atom stereocenters. The number of aliphatic hydroxyl groups is 1. The second-order valence-electron chi connectivity index (χ2n) is 7.98. The molecule has 0 bridgehead atoms. The highest BCUT2D eigenvalue weighted by molar-refractivity contribution is 5.74. The van der Waals surface area contributed by atoms with Crippen LogP contribution in [0.15, 0.2) is 0 Å². The van der Waals surface area contributed by atoms with Crippen molar-refractivity contribution < 1.29 is 14.6 Å². The first-order valence-corrected chi connectivity index (χ1v) is 8.72. The van der Waals surface area contributed by atoms with Crippen molar-refractivity contribution in [2.24, 2.45) is 17.3 Å². The molecule has 2 aliphatic carbocycles. The molecule has 3 aliphatic rings. The topological polar surface area (TPSA) is 61.8 Å². The number of nitrogens with one attached hydrogen (secondary N) is 1. The standard InChI is InChI=1S/C17H30N2O3/c1-17(2)14(12-8-9-22-15(12)17)18-16(21)19(3)10-11-6-4-5-7-13(11)20/h11-15,20H,4-10H2,1-3H3,(H,18,21). The van der Waals surface area contributed by atoms with E-state index in [1.165, 1.54) is 0 Å². The number of fused-ring (bicyclic) bond motifs is 1. The first-order chi connectivity index (χ1) is 10.4. The molecular formula is C17H30N2O3. The molecule has 2 saturated carbocycles. The maximum absolute atomic E-state index is 12.5. The minimum Gasteiger partial charge on any atom is -0.393 e. The zero-order chi connectivity index (χ0) is 15.9. The molecular weight excluding hydrogens is 280 g/mol. The van der Waals surface area contributed by atoms with E-state index in [4.69, 9.17) is 4.74 Å². The van der Waals surface area contributed by atoms with Gasteiger partial charge in [-0.25, -0.2) is 4.79 Å². The van der Waals surface area contributed by atoms with Crippen LogP contribution in [0.5, 0.6) is 0 Å². The van der Waals surface area contributed by atoms with Crippen molar-refractivity contribution >= 4 is 6.03 Å². The van der Waals surface area contributed by atoms with Gasteiger partial charge >= 0.3 is 6.03 Å². The van der Waals surface area contributed by atoms with E-state index in [2.05, 4.69) is 19.2 Å². The van der Waals surface area contributed by atoms with Gasteiger partial charge in [0.2, 0.25) is 0 Å². The lowest BCUT2D eigenvalue weighted by Crippen LogP contribution is -2.67. The van der Waals surface area contributed by atoms with Crippen LogP contribution in [0.1, 0.15) is 46.0 Å². The smallest absolute Gasteiger partial charge is 0.317 e. The Labute approximate surface area is 133 Å². The van der Waals surface area contributed by atoms with Crippen LogP contribution in [0.25, 0.3) is 0 Å². The molecule has 5 atom stereocenters.